The summed E-state index contributed by atoms with van der Waals surface area (Å²) in [7, 11) is -1.13. The zero-order valence-electron chi connectivity index (χ0n) is 13.6. The van der Waals surface area contributed by atoms with Crippen molar-refractivity contribution in [1.82, 2.24) is 10.2 Å². The van der Waals surface area contributed by atoms with Crippen LogP contribution in [0.2, 0.25) is 0 Å². The second kappa shape index (κ2) is 7.79. The maximum absolute atomic E-state index is 11.9. The largest absolute Gasteiger partial charge is 0.492 e. The zero-order chi connectivity index (χ0) is 16.9. The average Bonchev–Trinajstić information content (AvgIpc) is 2.79. The molecule has 23 heavy (non-hydrogen) atoms. The molecular formula is C16H24N2O4S. The maximum Gasteiger partial charge on any atom is 0.234 e. The second-order valence-corrected chi connectivity index (χ2v) is 8.25. The van der Waals surface area contributed by atoms with Crippen LogP contribution in [0, 0.1) is 6.92 Å². The smallest absolute Gasteiger partial charge is 0.234 e. The number of hydrogen-bond acceptors (Lipinski definition) is 5. The Morgan fingerprint density at radius 3 is 2.78 bits per heavy atom. The van der Waals surface area contributed by atoms with Crippen molar-refractivity contribution in [1.29, 1.82) is 0 Å². The Kier molecular flexibility index (Phi) is 6.01. The van der Waals surface area contributed by atoms with Crippen LogP contribution in [0.4, 0.5) is 0 Å². The monoisotopic (exact) mass is 340 g/mol. The number of aryl methyl sites for hydroxylation is 1. The van der Waals surface area contributed by atoms with Crippen molar-refractivity contribution >= 4 is 15.7 Å². The van der Waals surface area contributed by atoms with E-state index in [1.54, 1.807) is 0 Å². The van der Waals surface area contributed by atoms with Gasteiger partial charge in [0.05, 0.1) is 18.1 Å². The third kappa shape index (κ3) is 5.84. The molecular weight excluding hydrogens is 316 g/mol. The molecule has 0 aliphatic carbocycles. The quantitative estimate of drug-likeness (QED) is 0.787. The summed E-state index contributed by atoms with van der Waals surface area (Å²) in [5.74, 6) is 0.920. The molecule has 0 spiro atoms. The van der Waals surface area contributed by atoms with E-state index in [-0.39, 0.29) is 30.0 Å². The zero-order valence-corrected chi connectivity index (χ0v) is 14.4. The van der Waals surface area contributed by atoms with E-state index in [0.29, 0.717) is 19.6 Å². The Balaban J connectivity index is 1.67. The molecule has 1 heterocycles. The van der Waals surface area contributed by atoms with Crippen LogP contribution in [0.15, 0.2) is 24.3 Å². The normalized spacial score (nSPS) is 19.7. The van der Waals surface area contributed by atoms with E-state index in [4.69, 9.17) is 4.74 Å². The summed E-state index contributed by atoms with van der Waals surface area (Å²) in [4.78, 5) is 13.8. The molecule has 1 amide bonds. The van der Waals surface area contributed by atoms with Crippen LogP contribution in [0.1, 0.15) is 12.0 Å². The van der Waals surface area contributed by atoms with E-state index in [1.165, 1.54) is 0 Å². The van der Waals surface area contributed by atoms with Crippen molar-refractivity contribution in [3.63, 3.8) is 0 Å². The lowest BCUT2D eigenvalue weighted by molar-refractivity contribution is -0.122. The summed E-state index contributed by atoms with van der Waals surface area (Å²) in [6.45, 7) is 3.33. The first-order valence-corrected chi connectivity index (χ1v) is 9.54. The van der Waals surface area contributed by atoms with Crippen LogP contribution in [-0.4, -0.2) is 63.5 Å². The molecule has 1 aliphatic heterocycles. The van der Waals surface area contributed by atoms with E-state index in [1.807, 2.05) is 43.1 Å². The molecule has 1 saturated heterocycles. The third-order valence-corrected chi connectivity index (χ3v) is 5.60. The Morgan fingerprint density at radius 2 is 2.13 bits per heavy atom. The summed E-state index contributed by atoms with van der Waals surface area (Å²) < 4.78 is 28.4. The van der Waals surface area contributed by atoms with Crippen LogP contribution in [0.5, 0.6) is 5.75 Å². The van der Waals surface area contributed by atoms with Crippen LogP contribution in [0.25, 0.3) is 0 Å². The van der Waals surface area contributed by atoms with Crippen LogP contribution < -0.4 is 10.1 Å². The van der Waals surface area contributed by atoms with E-state index < -0.39 is 9.84 Å². The van der Waals surface area contributed by atoms with Gasteiger partial charge in [0, 0.05) is 12.6 Å². The van der Waals surface area contributed by atoms with Gasteiger partial charge in [-0.1, -0.05) is 18.2 Å². The number of amides is 1. The summed E-state index contributed by atoms with van der Waals surface area (Å²) >= 11 is 0. The van der Waals surface area contributed by atoms with Crippen LogP contribution in [0.3, 0.4) is 0 Å². The molecule has 1 N–H and O–H groups in total. The van der Waals surface area contributed by atoms with E-state index in [9.17, 15) is 13.2 Å². The predicted octanol–water partition coefficient (Wildman–Crippen LogP) is 0.609. The van der Waals surface area contributed by atoms with E-state index in [0.717, 1.165) is 11.3 Å². The van der Waals surface area contributed by atoms with Gasteiger partial charge in [-0.25, -0.2) is 8.42 Å². The summed E-state index contributed by atoms with van der Waals surface area (Å²) in [6.07, 6.45) is 0.508. The second-order valence-electron chi connectivity index (χ2n) is 6.02. The van der Waals surface area contributed by atoms with Crippen molar-refractivity contribution in [3.8, 4) is 5.75 Å². The van der Waals surface area contributed by atoms with Gasteiger partial charge in [-0.05, 0) is 32.0 Å². The Hall–Kier alpha value is -1.60. The minimum atomic E-state index is -2.97. The average molecular weight is 340 g/mol. The Morgan fingerprint density at radius 1 is 1.39 bits per heavy atom. The van der Waals surface area contributed by atoms with E-state index in [2.05, 4.69) is 5.32 Å². The Bertz CT molecular complexity index is 645. The number of hydrogen-bond donors (Lipinski definition) is 1. The fraction of sp³-hybridized carbons (Fsp3) is 0.562. The number of benzene rings is 1. The maximum atomic E-state index is 11.9. The summed E-state index contributed by atoms with van der Waals surface area (Å²) in [6, 6.07) is 7.55. The predicted molar refractivity (Wildman–Crippen MR) is 89.4 cm³/mol. The number of nitrogens with zero attached hydrogens (tertiary/aromatic N) is 1. The standard InChI is InChI=1S/C16H24N2O4S/c1-13-5-3-4-6-15(13)22-9-8-18(2)11-16(19)17-14-7-10-23(20,21)12-14/h3-6,14H,7-12H2,1-2H3,(H,17,19)/t14-/m1/s1. The number of sulfone groups is 1. The number of likely N-dealkylation sites (N-methyl/N-ethyl adjacent to an activating group) is 1. The lowest BCUT2D eigenvalue weighted by atomic mass is 10.2. The number of para-hydroxylation sites is 1. The molecule has 0 bridgehead atoms. The van der Waals surface area contributed by atoms with Crippen molar-refractivity contribution in [2.75, 3.05) is 38.2 Å². The SMILES string of the molecule is Cc1ccccc1OCCN(C)CC(=O)N[C@@H]1CCS(=O)(=O)C1. The van der Waals surface area contributed by atoms with Crippen molar-refractivity contribution < 1.29 is 17.9 Å². The lowest BCUT2D eigenvalue weighted by Gasteiger charge is -2.18. The Labute approximate surface area is 137 Å². The van der Waals surface area contributed by atoms with Gasteiger partial charge in [0.1, 0.15) is 12.4 Å². The lowest BCUT2D eigenvalue weighted by Crippen LogP contribution is -2.42. The molecule has 1 atom stereocenters. The molecule has 1 fully saturated rings. The first-order valence-electron chi connectivity index (χ1n) is 7.72. The molecule has 0 radical (unpaired) electrons. The first kappa shape index (κ1) is 17.7. The van der Waals surface area contributed by atoms with Gasteiger partial charge < -0.3 is 10.1 Å². The fourth-order valence-corrected chi connectivity index (χ4v) is 4.21. The molecule has 0 aromatic heterocycles. The van der Waals surface area contributed by atoms with Gasteiger partial charge >= 0.3 is 0 Å². The van der Waals surface area contributed by atoms with Crippen molar-refractivity contribution in [2.45, 2.75) is 19.4 Å². The van der Waals surface area contributed by atoms with Gasteiger partial charge in [-0.15, -0.1) is 0 Å². The van der Waals surface area contributed by atoms with Gasteiger partial charge in [-0.2, -0.15) is 0 Å². The number of nitrogens with one attached hydrogen (secondary N) is 1. The summed E-state index contributed by atoms with van der Waals surface area (Å²) in [5, 5.41) is 2.78. The number of ether oxygens (including phenoxy) is 1. The van der Waals surface area contributed by atoms with Crippen LogP contribution in [-0.2, 0) is 14.6 Å². The number of carbonyl (C=O) groups is 1. The number of carbonyl (C=O) groups excluding carboxylic acids is 1. The topological polar surface area (TPSA) is 75.7 Å². The van der Waals surface area contributed by atoms with Crippen LogP contribution >= 0.6 is 0 Å². The highest BCUT2D eigenvalue weighted by atomic mass is 32.2. The highest BCUT2D eigenvalue weighted by Crippen LogP contribution is 2.15. The summed E-state index contributed by atoms with van der Waals surface area (Å²) in [5.41, 5.74) is 1.08. The molecule has 0 unspecified atom stereocenters. The van der Waals surface area contributed by atoms with Crippen molar-refractivity contribution in [2.24, 2.45) is 0 Å². The highest BCUT2D eigenvalue weighted by molar-refractivity contribution is 7.91. The molecule has 1 aromatic carbocycles. The number of rotatable bonds is 7. The van der Waals surface area contributed by atoms with Gasteiger partial charge in [0.2, 0.25) is 5.91 Å². The van der Waals surface area contributed by atoms with Crippen molar-refractivity contribution in [3.05, 3.63) is 29.8 Å². The molecule has 1 aliphatic rings. The highest BCUT2D eigenvalue weighted by Gasteiger charge is 2.28. The third-order valence-electron chi connectivity index (χ3n) is 3.84. The molecule has 0 saturated carbocycles. The molecule has 6 nitrogen and oxygen atoms in total. The van der Waals surface area contributed by atoms with Gasteiger partial charge in [0.25, 0.3) is 0 Å². The van der Waals surface area contributed by atoms with E-state index >= 15 is 0 Å². The molecule has 7 heteroatoms. The molecule has 128 valence electrons. The van der Waals surface area contributed by atoms with Gasteiger partial charge in [-0.3, -0.25) is 9.69 Å². The van der Waals surface area contributed by atoms with Gasteiger partial charge in [0.15, 0.2) is 9.84 Å². The minimum Gasteiger partial charge on any atom is -0.492 e. The molecule has 2 rings (SSSR count). The first-order chi connectivity index (χ1) is 10.9. The fourth-order valence-electron chi connectivity index (χ4n) is 2.54. The molecule has 1 aromatic rings. The minimum absolute atomic E-state index is 0.0544.